The lowest BCUT2D eigenvalue weighted by atomic mass is 10.1. The fourth-order valence-corrected chi connectivity index (χ4v) is 2.11. The van der Waals surface area contributed by atoms with Crippen LogP contribution in [0.2, 0.25) is 0 Å². The maximum atomic E-state index is 12.8. The number of hydrogen-bond donors (Lipinski definition) is 1. The molecule has 0 spiro atoms. The van der Waals surface area contributed by atoms with Gasteiger partial charge in [-0.25, -0.2) is 4.98 Å². The van der Waals surface area contributed by atoms with Crippen molar-refractivity contribution in [3.8, 4) is 11.3 Å². The van der Waals surface area contributed by atoms with Crippen LogP contribution in [-0.4, -0.2) is 12.0 Å². The van der Waals surface area contributed by atoms with Crippen molar-refractivity contribution in [2.45, 2.75) is 19.1 Å². The van der Waals surface area contributed by atoms with E-state index >= 15 is 0 Å². The average Bonchev–Trinajstić information content (AvgIpc) is 2.86. The molecule has 20 heavy (non-hydrogen) atoms. The van der Waals surface area contributed by atoms with E-state index in [-0.39, 0.29) is 10.5 Å². The van der Waals surface area contributed by atoms with Crippen LogP contribution in [0, 0.1) is 0 Å². The van der Waals surface area contributed by atoms with E-state index in [2.05, 4.69) is 26.2 Å². The zero-order chi connectivity index (χ0) is 14.9. The smallest absolute Gasteiger partial charge is 0.417 e. The van der Waals surface area contributed by atoms with Crippen molar-refractivity contribution >= 4 is 15.9 Å². The van der Waals surface area contributed by atoms with Gasteiger partial charge in [-0.1, -0.05) is 22.0 Å². The summed E-state index contributed by atoms with van der Waals surface area (Å²) in [5.74, 6) is 0.735. The molecule has 3 nitrogen and oxygen atoms in total. The molecule has 0 bridgehead atoms. The molecule has 0 saturated heterocycles. The van der Waals surface area contributed by atoms with Gasteiger partial charge in [-0.15, -0.1) is 0 Å². The Morgan fingerprint density at radius 2 is 2.05 bits per heavy atom. The molecule has 2 rings (SSSR count). The Hall–Kier alpha value is -1.34. The highest BCUT2D eigenvalue weighted by Crippen LogP contribution is 2.37. The summed E-state index contributed by atoms with van der Waals surface area (Å²) in [4.78, 5) is 4.06. The first-order chi connectivity index (χ1) is 9.32. The average molecular weight is 349 g/mol. The van der Waals surface area contributed by atoms with E-state index in [0.29, 0.717) is 17.2 Å². The highest BCUT2D eigenvalue weighted by molar-refractivity contribution is 9.10. The van der Waals surface area contributed by atoms with E-state index in [1.54, 1.807) is 13.1 Å². The Labute approximate surface area is 122 Å². The summed E-state index contributed by atoms with van der Waals surface area (Å²) in [7, 11) is 1.75. The molecule has 0 aliphatic carbocycles. The maximum absolute atomic E-state index is 12.8. The van der Waals surface area contributed by atoms with Gasteiger partial charge < -0.3 is 9.73 Å². The van der Waals surface area contributed by atoms with Crippen molar-refractivity contribution in [3.05, 3.63) is 40.3 Å². The lowest BCUT2D eigenvalue weighted by Crippen LogP contribution is -2.12. The normalized spacial score (nSPS) is 13.5. The quantitative estimate of drug-likeness (QED) is 0.893. The number of oxazole rings is 1. The summed E-state index contributed by atoms with van der Waals surface area (Å²) >= 11 is 2.90. The molecule has 1 atom stereocenters. The summed E-state index contributed by atoms with van der Waals surface area (Å²) < 4.78 is 44.0. The standard InChI is InChI=1S/C13H12BrF3N2O/c1-7(18-2)12-19-6-11(20-12)8-3-4-10(14)9(5-8)13(15,16)17/h3-7,18H,1-2H3. The molecule has 1 unspecified atom stereocenters. The van der Waals surface area contributed by atoms with Gasteiger partial charge in [0.05, 0.1) is 17.8 Å². The largest absolute Gasteiger partial charge is 0.439 e. The molecule has 7 heteroatoms. The minimum absolute atomic E-state index is 0.00270. The van der Waals surface area contributed by atoms with Gasteiger partial charge in [0.1, 0.15) is 0 Å². The number of benzene rings is 1. The number of nitrogens with zero attached hydrogens (tertiary/aromatic N) is 1. The first-order valence-corrected chi connectivity index (χ1v) is 6.62. The second-order valence-electron chi connectivity index (χ2n) is 4.27. The van der Waals surface area contributed by atoms with Gasteiger partial charge in [-0.3, -0.25) is 0 Å². The number of nitrogens with one attached hydrogen (secondary N) is 1. The van der Waals surface area contributed by atoms with Gasteiger partial charge in [0, 0.05) is 10.0 Å². The Bertz CT molecular complexity index is 610. The molecule has 0 radical (unpaired) electrons. The SMILES string of the molecule is CNC(C)c1ncc(-c2ccc(Br)c(C(F)(F)F)c2)o1. The molecule has 2 aromatic rings. The number of rotatable bonds is 3. The molecular formula is C13H12BrF3N2O. The van der Waals surface area contributed by atoms with Crippen LogP contribution in [0.25, 0.3) is 11.3 Å². The minimum Gasteiger partial charge on any atom is -0.439 e. The summed E-state index contributed by atoms with van der Waals surface area (Å²) in [5, 5.41) is 2.95. The van der Waals surface area contributed by atoms with Crippen LogP contribution in [0.4, 0.5) is 13.2 Å². The summed E-state index contributed by atoms with van der Waals surface area (Å²) in [6, 6.07) is 3.83. The fourth-order valence-electron chi connectivity index (χ4n) is 1.64. The van der Waals surface area contributed by atoms with Gasteiger partial charge in [-0.05, 0) is 26.1 Å². The third kappa shape index (κ3) is 3.04. The Morgan fingerprint density at radius 1 is 1.35 bits per heavy atom. The third-order valence-electron chi connectivity index (χ3n) is 2.88. The van der Waals surface area contributed by atoms with Gasteiger partial charge in [-0.2, -0.15) is 13.2 Å². The Morgan fingerprint density at radius 3 is 2.65 bits per heavy atom. The second kappa shape index (κ2) is 5.57. The van der Waals surface area contributed by atoms with E-state index in [4.69, 9.17) is 4.42 Å². The number of alkyl halides is 3. The molecule has 1 aromatic carbocycles. The van der Waals surface area contributed by atoms with E-state index in [0.717, 1.165) is 6.07 Å². The first-order valence-electron chi connectivity index (χ1n) is 5.83. The van der Waals surface area contributed by atoms with Crippen molar-refractivity contribution in [2.24, 2.45) is 0 Å². The van der Waals surface area contributed by atoms with E-state index < -0.39 is 11.7 Å². The van der Waals surface area contributed by atoms with Crippen LogP contribution in [0.15, 0.2) is 33.3 Å². The van der Waals surface area contributed by atoms with E-state index in [1.165, 1.54) is 12.3 Å². The van der Waals surface area contributed by atoms with Gasteiger partial charge in [0.25, 0.3) is 0 Å². The summed E-state index contributed by atoms with van der Waals surface area (Å²) in [6.07, 6.45) is -3.00. The van der Waals surface area contributed by atoms with Crippen LogP contribution in [0.3, 0.4) is 0 Å². The molecule has 0 fully saturated rings. The summed E-state index contributed by atoms with van der Waals surface area (Å²) in [6.45, 7) is 1.85. The van der Waals surface area contributed by atoms with Crippen molar-refractivity contribution in [2.75, 3.05) is 7.05 Å². The molecule has 1 aromatic heterocycles. The number of halogens is 4. The monoisotopic (exact) mass is 348 g/mol. The molecule has 108 valence electrons. The number of hydrogen-bond acceptors (Lipinski definition) is 3. The fraction of sp³-hybridized carbons (Fsp3) is 0.308. The predicted octanol–water partition coefficient (Wildman–Crippen LogP) is 4.40. The van der Waals surface area contributed by atoms with Crippen LogP contribution >= 0.6 is 15.9 Å². The second-order valence-corrected chi connectivity index (χ2v) is 5.12. The molecule has 1 N–H and O–H groups in total. The Kier molecular flexibility index (Phi) is 4.19. The zero-order valence-corrected chi connectivity index (χ0v) is 12.3. The first kappa shape index (κ1) is 15.1. The van der Waals surface area contributed by atoms with Crippen LogP contribution < -0.4 is 5.32 Å². The number of aromatic nitrogens is 1. The summed E-state index contributed by atoms with van der Waals surface area (Å²) in [5.41, 5.74) is -0.405. The van der Waals surface area contributed by atoms with Crippen molar-refractivity contribution in [3.63, 3.8) is 0 Å². The van der Waals surface area contributed by atoms with Crippen molar-refractivity contribution in [1.29, 1.82) is 0 Å². The lowest BCUT2D eigenvalue weighted by molar-refractivity contribution is -0.138. The molecule has 1 heterocycles. The van der Waals surface area contributed by atoms with Crippen molar-refractivity contribution < 1.29 is 17.6 Å². The van der Waals surface area contributed by atoms with E-state index in [9.17, 15) is 13.2 Å². The van der Waals surface area contributed by atoms with Gasteiger partial charge in [0.2, 0.25) is 5.89 Å². The maximum Gasteiger partial charge on any atom is 0.417 e. The van der Waals surface area contributed by atoms with E-state index in [1.807, 2.05) is 6.92 Å². The predicted molar refractivity (Wildman–Crippen MR) is 72.1 cm³/mol. The van der Waals surface area contributed by atoms with Crippen molar-refractivity contribution in [1.82, 2.24) is 10.3 Å². The van der Waals surface area contributed by atoms with Crippen LogP contribution in [-0.2, 0) is 6.18 Å². The topological polar surface area (TPSA) is 38.1 Å². The highest BCUT2D eigenvalue weighted by atomic mass is 79.9. The molecular weight excluding hydrogens is 337 g/mol. The minimum atomic E-state index is -4.42. The van der Waals surface area contributed by atoms with Gasteiger partial charge >= 0.3 is 6.18 Å². The van der Waals surface area contributed by atoms with Crippen LogP contribution in [0.1, 0.15) is 24.4 Å². The van der Waals surface area contributed by atoms with Gasteiger partial charge in [0.15, 0.2) is 5.76 Å². The lowest BCUT2D eigenvalue weighted by Gasteiger charge is -2.10. The molecule has 0 aliphatic rings. The molecule has 0 amide bonds. The third-order valence-corrected chi connectivity index (χ3v) is 3.57. The molecule has 0 aliphatic heterocycles. The van der Waals surface area contributed by atoms with Crippen LogP contribution in [0.5, 0.6) is 0 Å². The molecule has 0 saturated carbocycles. The zero-order valence-electron chi connectivity index (χ0n) is 10.8. The highest BCUT2D eigenvalue weighted by Gasteiger charge is 2.33. The Balaban J connectivity index is 2.41.